The van der Waals surface area contributed by atoms with E-state index >= 15 is 0 Å². The third-order valence-corrected chi connectivity index (χ3v) is 4.55. The standard InChI is InChI=1S/C16H21BrN2O/c1-9(2)12-8-13(10(3)7-14(12)20-6)16-15(17)11(4)18-19(16)5/h7-9H,1-6H3. The number of methoxy groups -OCH3 is 1. The molecule has 4 heteroatoms. The lowest BCUT2D eigenvalue weighted by molar-refractivity contribution is 0.407. The highest BCUT2D eigenvalue weighted by molar-refractivity contribution is 9.10. The maximum absolute atomic E-state index is 5.51. The van der Waals surface area contributed by atoms with E-state index in [0.29, 0.717) is 5.92 Å². The molecule has 2 aromatic rings. The smallest absolute Gasteiger partial charge is 0.122 e. The summed E-state index contributed by atoms with van der Waals surface area (Å²) in [6, 6.07) is 4.33. The Bertz CT molecular complexity index is 644. The zero-order chi connectivity index (χ0) is 15.0. The maximum atomic E-state index is 5.51. The number of benzene rings is 1. The molecule has 0 amide bonds. The molecule has 3 nitrogen and oxygen atoms in total. The van der Waals surface area contributed by atoms with Gasteiger partial charge < -0.3 is 4.74 Å². The number of hydrogen-bond donors (Lipinski definition) is 0. The molecule has 0 saturated carbocycles. The van der Waals surface area contributed by atoms with Crippen molar-refractivity contribution in [2.24, 2.45) is 7.05 Å². The molecule has 0 N–H and O–H groups in total. The SMILES string of the molecule is COc1cc(C)c(-c2c(Br)c(C)nn2C)cc1C(C)C. The first-order valence-electron chi connectivity index (χ1n) is 6.74. The Balaban J connectivity index is 2.71. The fourth-order valence-corrected chi connectivity index (χ4v) is 3.06. The van der Waals surface area contributed by atoms with Crippen molar-refractivity contribution in [3.8, 4) is 17.0 Å². The molecule has 1 aromatic carbocycles. The lowest BCUT2D eigenvalue weighted by Crippen LogP contribution is -2.00. The maximum Gasteiger partial charge on any atom is 0.122 e. The third-order valence-electron chi connectivity index (χ3n) is 3.60. The Kier molecular flexibility index (Phi) is 4.23. The van der Waals surface area contributed by atoms with Crippen LogP contribution in [-0.2, 0) is 7.05 Å². The molecular formula is C16H21BrN2O. The van der Waals surface area contributed by atoms with Crippen molar-refractivity contribution in [1.82, 2.24) is 9.78 Å². The summed E-state index contributed by atoms with van der Waals surface area (Å²) in [6.45, 7) is 8.48. The van der Waals surface area contributed by atoms with E-state index in [1.807, 2.05) is 18.7 Å². The molecule has 0 aliphatic heterocycles. The lowest BCUT2D eigenvalue weighted by atomic mass is 9.95. The highest BCUT2D eigenvalue weighted by Crippen LogP contribution is 2.37. The van der Waals surface area contributed by atoms with Crippen LogP contribution in [0.1, 0.15) is 36.6 Å². The summed E-state index contributed by atoms with van der Waals surface area (Å²) in [5, 5.41) is 4.48. The van der Waals surface area contributed by atoms with Gasteiger partial charge in [0.2, 0.25) is 0 Å². The van der Waals surface area contributed by atoms with Gasteiger partial charge in [-0.3, -0.25) is 4.68 Å². The molecule has 0 radical (unpaired) electrons. The van der Waals surface area contributed by atoms with Crippen LogP contribution in [0.2, 0.25) is 0 Å². The largest absolute Gasteiger partial charge is 0.496 e. The highest BCUT2D eigenvalue weighted by atomic mass is 79.9. The van der Waals surface area contributed by atoms with Crippen LogP contribution in [0.15, 0.2) is 16.6 Å². The second-order valence-electron chi connectivity index (χ2n) is 5.44. The zero-order valence-corrected chi connectivity index (χ0v) is 14.5. The number of aryl methyl sites for hydroxylation is 3. The van der Waals surface area contributed by atoms with Gasteiger partial charge in [0.05, 0.1) is 23.0 Å². The lowest BCUT2D eigenvalue weighted by Gasteiger charge is -2.16. The number of nitrogens with zero attached hydrogens (tertiary/aromatic N) is 2. The molecule has 0 fully saturated rings. The van der Waals surface area contributed by atoms with Crippen molar-refractivity contribution in [3.05, 3.63) is 33.4 Å². The van der Waals surface area contributed by atoms with Crippen LogP contribution < -0.4 is 4.74 Å². The molecule has 1 aromatic heterocycles. The quantitative estimate of drug-likeness (QED) is 0.818. The van der Waals surface area contributed by atoms with Gasteiger partial charge in [0, 0.05) is 12.6 Å². The van der Waals surface area contributed by atoms with Crippen LogP contribution in [0.4, 0.5) is 0 Å². The van der Waals surface area contributed by atoms with Crippen LogP contribution in [0.25, 0.3) is 11.3 Å². The van der Waals surface area contributed by atoms with Crippen LogP contribution in [0, 0.1) is 13.8 Å². The van der Waals surface area contributed by atoms with E-state index in [9.17, 15) is 0 Å². The first-order valence-corrected chi connectivity index (χ1v) is 7.54. The summed E-state index contributed by atoms with van der Waals surface area (Å²) >= 11 is 3.65. The van der Waals surface area contributed by atoms with Gasteiger partial charge >= 0.3 is 0 Å². The molecule has 2 rings (SSSR count). The first kappa shape index (κ1) is 15.1. The predicted molar refractivity (Wildman–Crippen MR) is 86.5 cm³/mol. The Labute approximate surface area is 129 Å². The van der Waals surface area contributed by atoms with Gasteiger partial charge in [-0.05, 0) is 59.0 Å². The average Bonchev–Trinajstić information content (AvgIpc) is 2.63. The molecule has 0 aliphatic carbocycles. The number of aromatic nitrogens is 2. The molecule has 0 spiro atoms. The fraction of sp³-hybridized carbons (Fsp3) is 0.438. The first-order chi connectivity index (χ1) is 9.36. The molecule has 0 aliphatic rings. The van der Waals surface area contributed by atoms with Gasteiger partial charge in [0.1, 0.15) is 5.75 Å². The summed E-state index contributed by atoms with van der Waals surface area (Å²) in [5.41, 5.74) is 5.73. The predicted octanol–water partition coefficient (Wildman–Crippen LogP) is 4.60. The van der Waals surface area contributed by atoms with Crippen molar-refractivity contribution in [2.75, 3.05) is 7.11 Å². The van der Waals surface area contributed by atoms with E-state index in [1.165, 1.54) is 16.7 Å². The van der Waals surface area contributed by atoms with E-state index in [1.54, 1.807) is 7.11 Å². The molecular weight excluding hydrogens is 316 g/mol. The van der Waals surface area contributed by atoms with Crippen LogP contribution in [0.3, 0.4) is 0 Å². The summed E-state index contributed by atoms with van der Waals surface area (Å²) in [6.07, 6.45) is 0. The van der Waals surface area contributed by atoms with Gasteiger partial charge in [-0.25, -0.2) is 0 Å². The van der Waals surface area contributed by atoms with E-state index < -0.39 is 0 Å². The fourth-order valence-electron chi connectivity index (χ4n) is 2.51. The molecule has 0 bridgehead atoms. The minimum Gasteiger partial charge on any atom is -0.496 e. The van der Waals surface area contributed by atoms with E-state index in [2.05, 4.69) is 53.9 Å². The summed E-state index contributed by atoms with van der Waals surface area (Å²) in [7, 11) is 3.70. The molecule has 1 heterocycles. The van der Waals surface area contributed by atoms with Gasteiger partial charge in [-0.1, -0.05) is 13.8 Å². The Morgan fingerprint density at radius 2 is 1.90 bits per heavy atom. The van der Waals surface area contributed by atoms with Crippen molar-refractivity contribution in [1.29, 1.82) is 0 Å². The molecule has 0 saturated heterocycles. The van der Waals surface area contributed by atoms with Crippen molar-refractivity contribution < 1.29 is 4.74 Å². The second-order valence-corrected chi connectivity index (χ2v) is 6.23. The monoisotopic (exact) mass is 336 g/mol. The van der Waals surface area contributed by atoms with Crippen molar-refractivity contribution in [2.45, 2.75) is 33.6 Å². The van der Waals surface area contributed by atoms with Crippen molar-refractivity contribution in [3.63, 3.8) is 0 Å². The van der Waals surface area contributed by atoms with Crippen molar-refractivity contribution >= 4 is 15.9 Å². The third kappa shape index (κ3) is 2.49. The summed E-state index contributed by atoms with van der Waals surface area (Å²) < 4.78 is 8.50. The molecule has 20 heavy (non-hydrogen) atoms. The minimum atomic E-state index is 0.414. The van der Waals surface area contributed by atoms with Crippen LogP contribution in [-0.4, -0.2) is 16.9 Å². The Morgan fingerprint density at radius 1 is 1.25 bits per heavy atom. The number of ether oxygens (including phenoxy) is 1. The highest BCUT2D eigenvalue weighted by Gasteiger charge is 2.18. The normalized spacial score (nSPS) is 11.2. The van der Waals surface area contributed by atoms with E-state index in [0.717, 1.165) is 21.6 Å². The summed E-state index contributed by atoms with van der Waals surface area (Å²) in [5.74, 6) is 1.37. The molecule has 108 valence electrons. The number of halogens is 1. The summed E-state index contributed by atoms with van der Waals surface area (Å²) in [4.78, 5) is 0. The van der Waals surface area contributed by atoms with Gasteiger partial charge in [-0.2, -0.15) is 5.10 Å². The molecule has 0 unspecified atom stereocenters. The van der Waals surface area contributed by atoms with Gasteiger partial charge in [-0.15, -0.1) is 0 Å². The minimum absolute atomic E-state index is 0.414. The van der Waals surface area contributed by atoms with Crippen LogP contribution >= 0.6 is 15.9 Å². The van der Waals surface area contributed by atoms with Crippen LogP contribution in [0.5, 0.6) is 5.75 Å². The molecule has 0 atom stereocenters. The Morgan fingerprint density at radius 3 is 2.35 bits per heavy atom. The van der Waals surface area contributed by atoms with E-state index in [-0.39, 0.29) is 0 Å². The second kappa shape index (κ2) is 5.60. The zero-order valence-electron chi connectivity index (χ0n) is 12.9. The number of rotatable bonds is 3. The van der Waals surface area contributed by atoms with E-state index in [4.69, 9.17) is 4.74 Å². The topological polar surface area (TPSA) is 27.1 Å². The average molecular weight is 337 g/mol. The van der Waals surface area contributed by atoms with Gasteiger partial charge in [0.25, 0.3) is 0 Å². The Hall–Kier alpha value is -1.29. The number of hydrogen-bond acceptors (Lipinski definition) is 2. The van der Waals surface area contributed by atoms with Gasteiger partial charge in [0.15, 0.2) is 0 Å².